The van der Waals surface area contributed by atoms with Crippen molar-refractivity contribution in [3.8, 4) is 16.9 Å². The predicted octanol–water partition coefficient (Wildman–Crippen LogP) is 3.70. The number of allylic oxidation sites excluding steroid dienone is 1. The van der Waals surface area contributed by atoms with Crippen molar-refractivity contribution in [2.75, 3.05) is 0 Å². The van der Waals surface area contributed by atoms with E-state index in [-0.39, 0.29) is 22.1 Å². The number of nitrogens with zero attached hydrogens (tertiary/aromatic N) is 5. The predicted molar refractivity (Wildman–Crippen MR) is 130 cm³/mol. The molecule has 6 rings (SSSR count). The highest BCUT2D eigenvalue weighted by atomic mass is 19.4. The summed E-state index contributed by atoms with van der Waals surface area (Å²) in [7, 11) is 0. The van der Waals surface area contributed by atoms with Crippen LogP contribution in [0.1, 0.15) is 16.8 Å². The van der Waals surface area contributed by atoms with Gasteiger partial charge in [-0.2, -0.15) is 13.2 Å². The lowest BCUT2D eigenvalue weighted by Crippen LogP contribution is -2.39. The number of aromatic nitrogens is 5. The molecule has 0 fully saturated rings. The van der Waals surface area contributed by atoms with Crippen molar-refractivity contribution < 1.29 is 18.3 Å². The first kappa shape index (κ1) is 22.8. The van der Waals surface area contributed by atoms with Crippen LogP contribution >= 0.6 is 0 Å². The molecule has 11 heteroatoms. The van der Waals surface area contributed by atoms with Gasteiger partial charge < -0.3 is 5.11 Å². The molecule has 1 aliphatic carbocycles. The second kappa shape index (κ2) is 8.20. The summed E-state index contributed by atoms with van der Waals surface area (Å²) in [6, 6.07) is 9.44. The first-order chi connectivity index (χ1) is 17.8. The molecular weight excluding hydrogens is 487 g/mol. The number of hydrogen-bond donors (Lipinski definition) is 1. The largest absolute Gasteiger partial charge is 0.416 e. The van der Waals surface area contributed by atoms with Crippen molar-refractivity contribution in [1.29, 1.82) is 0 Å². The lowest BCUT2D eigenvalue weighted by molar-refractivity contribution is -0.137. The van der Waals surface area contributed by atoms with Crippen LogP contribution < -0.4 is 11.2 Å². The number of benzene rings is 1. The number of rotatable bonds is 3. The SMILES string of the molecule is O=c1c2cnc3ccc(-c4cnc5c(c4)C=CC5)nc3c2n(-c2cccc(C(F)(F)F)c2)c(=O)n1CO. The number of hydrogen-bond acceptors (Lipinski definition) is 6. The van der Waals surface area contributed by atoms with Crippen LogP contribution in [-0.2, 0) is 19.3 Å². The Labute approximate surface area is 205 Å². The summed E-state index contributed by atoms with van der Waals surface area (Å²) in [6.07, 6.45) is 2.90. The molecule has 1 N–H and O–H groups in total. The number of alkyl halides is 3. The molecule has 0 unspecified atom stereocenters. The number of aliphatic hydroxyl groups is 1. The van der Waals surface area contributed by atoms with Gasteiger partial charge in [0.2, 0.25) is 0 Å². The van der Waals surface area contributed by atoms with E-state index in [1.165, 1.54) is 12.3 Å². The quantitative estimate of drug-likeness (QED) is 0.377. The highest BCUT2D eigenvalue weighted by molar-refractivity contribution is 6.01. The third-order valence-corrected chi connectivity index (χ3v) is 6.29. The molecule has 5 aromatic rings. The average molecular weight is 503 g/mol. The molecule has 0 amide bonds. The number of halogens is 3. The van der Waals surface area contributed by atoms with Crippen LogP contribution in [0.15, 0.2) is 70.5 Å². The van der Waals surface area contributed by atoms with Crippen LogP contribution in [-0.4, -0.2) is 29.2 Å². The van der Waals surface area contributed by atoms with E-state index in [1.807, 2.05) is 18.2 Å². The van der Waals surface area contributed by atoms with Crippen LogP contribution in [0, 0.1) is 0 Å². The number of fused-ring (bicyclic) bond motifs is 4. The summed E-state index contributed by atoms with van der Waals surface area (Å²) in [4.78, 5) is 39.8. The van der Waals surface area contributed by atoms with E-state index in [2.05, 4.69) is 15.0 Å². The van der Waals surface area contributed by atoms with E-state index in [9.17, 15) is 27.9 Å². The standard InChI is InChI=1S/C26H16F3N5O3/c27-26(28,29)16-4-2-5-17(10-16)34-23-18(24(36)33(13-35)25(34)37)12-31-21-8-7-20(32-22(21)23)15-9-14-3-1-6-19(14)30-11-15/h1-5,7-12,35H,6,13H2. The maximum atomic E-state index is 13.5. The lowest BCUT2D eigenvalue weighted by atomic mass is 10.1. The summed E-state index contributed by atoms with van der Waals surface area (Å²) >= 11 is 0. The van der Waals surface area contributed by atoms with Gasteiger partial charge in [-0.1, -0.05) is 18.2 Å². The van der Waals surface area contributed by atoms with E-state index in [0.717, 1.165) is 40.4 Å². The van der Waals surface area contributed by atoms with Gasteiger partial charge >= 0.3 is 11.9 Å². The number of aliphatic hydroxyl groups excluding tert-OH is 1. The molecule has 4 heterocycles. The molecule has 1 aliphatic rings. The molecule has 37 heavy (non-hydrogen) atoms. The maximum Gasteiger partial charge on any atom is 0.416 e. The van der Waals surface area contributed by atoms with Gasteiger partial charge in [0.25, 0.3) is 5.56 Å². The summed E-state index contributed by atoms with van der Waals surface area (Å²) in [5, 5.41) is 9.63. The van der Waals surface area contributed by atoms with Crippen LogP contribution in [0.4, 0.5) is 13.2 Å². The number of pyridine rings is 3. The maximum absolute atomic E-state index is 13.5. The minimum Gasteiger partial charge on any atom is -0.376 e. The van der Waals surface area contributed by atoms with Gasteiger partial charge in [0.15, 0.2) is 0 Å². The Kier molecular flexibility index (Phi) is 5.06. The molecule has 0 radical (unpaired) electrons. The molecule has 0 saturated heterocycles. The molecule has 0 aliphatic heterocycles. The van der Waals surface area contributed by atoms with Crippen LogP contribution in [0.25, 0.3) is 45.0 Å². The Morgan fingerprint density at radius 2 is 1.86 bits per heavy atom. The van der Waals surface area contributed by atoms with E-state index < -0.39 is 29.7 Å². The monoisotopic (exact) mass is 503 g/mol. The molecule has 0 saturated carbocycles. The third-order valence-electron chi connectivity index (χ3n) is 6.29. The smallest absolute Gasteiger partial charge is 0.376 e. The van der Waals surface area contributed by atoms with Crippen molar-refractivity contribution in [3.63, 3.8) is 0 Å². The summed E-state index contributed by atoms with van der Waals surface area (Å²) < 4.78 is 41.9. The van der Waals surface area contributed by atoms with E-state index in [4.69, 9.17) is 0 Å². The van der Waals surface area contributed by atoms with Crippen molar-refractivity contribution in [2.24, 2.45) is 0 Å². The Morgan fingerprint density at radius 1 is 1.03 bits per heavy atom. The van der Waals surface area contributed by atoms with E-state index in [1.54, 1.807) is 18.3 Å². The topological polar surface area (TPSA) is 103 Å². The fourth-order valence-electron chi connectivity index (χ4n) is 4.49. The van der Waals surface area contributed by atoms with Gasteiger partial charge in [-0.15, -0.1) is 0 Å². The normalized spacial score (nSPS) is 13.0. The van der Waals surface area contributed by atoms with Crippen LogP contribution in [0.5, 0.6) is 0 Å². The zero-order valence-electron chi connectivity index (χ0n) is 18.9. The van der Waals surface area contributed by atoms with Crippen LogP contribution in [0.2, 0.25) is 0 Å². The fraction of sp³-hybridized carbons (Fsp3) is 0.115. The fourth-order valence-corrected chi connectivity index (χ4v) is 4.49. The highest BCUT2D eigenvalue weighted by Crippen LogP contribution is 2.32. The summed E-state index contributed by atoms with van der Waals surface area (Å²) in [5.74, 6) is 0. The highest BCUT2D eigenvalue weighted by Gasteiger charge is 2.31. The Balaban J connectivity index is 1.71. The van der Waals surface area contributed by atoms with Gasteiger partial charge in [0.05, 0.1) is 39.1 Å². The Morgan fingerprint density at radius 3 is 2.65 bits per heavy atom. The van der Waals surface area contributed by atoms with Gasteiger partial charge in [-0.25, -0.2) is 14.3 Å². The van der Waals surface area contributed by atoms with Gasteiger partial charge in [-0.05, 0) is 42.0 Å². The molecule has 1 aromatic carbocycles. The molecule has 8 nitrogen and oxygen atoms in total. The molecule has 0 bridgehead atoms. The summed E-state index contributed by atoms with van der Waals surface area (Å²) in [5.41, 5.74) is 0.524. The first-order valence-electron chi connectivity index (χ1n) is 11.2. The second-order valence-electron chi connectivity index (χ2n) is 8.49. The minimum atomic E-state index is -4.66. The summed E-state index contributed by atoms with van der Waals surface area (Å²) in [6.45, 7) is -0.966. The van der Waals surface area contributed by atoms with Crippen molar-refractivity contribution in [2.45, 2.75) is 19.3 Å². The molecule has 0 atom stereocenters. The Bertz CT molecular complexity index is 1890. The van der Waals surface area contributed by atoms with Gasteiger partial charge in [-0.3, -0.25) is 19.3 Å². The van der Waals surface area contributed by atoms with Crippen molar-refractivity contribution in [1.82, 2.24) is 24.1 Å². The lowest BCUT2D eigenvalue weighted by Gasteiger charge is -2.16. The van der Waals surface area contributed by atoms with Gasteiger partial charge in [0.1, 0.15) is 12.2 Å². The molecule has 0 spiro atoms. The first-order valence-corrected chi connectivity index (χ1v) is 11.2. The minimum absolute atomic E-state index is 0.0140. The molecular formula is C26H16F3N5O3. The molecule has 184 valence electrons. The van der Waals surface area contributed by atoms with Crippen LogP contribution in [0.3, 0.4) is 0 Å². The van der Waals surface area contributed by atoms with E-state index >= 15 is 0 Å². The third kappa shape index (κ3) is 3.62. The average Bonchev–Trinajstić information content (AvgIpc) is 3.36. The van der Waals surface area contributed by atoms with Gasteiger partial charge in [0, 0.05) is 24.4 Å². The molecule has 4 aromatic heterocycles. The van der Waals surface area contributed by atoms with Crippen molar-refractivity contribution in [3.05, 3.63) is 98.6 Å². The van der Waals surface area contributed by atoms with E-state index in [0.29, 0.717) is 21.3 Å². The zero-order chi connectivity index (χ0) is 25.9. The van der Waals surface area contributed by atoms with Crippen molar-refractivity contribution >= 4 is 28.0 Å². The second-order valence-corrected chi connectivity index (χ2v) is 8.49. The zero-order valence-corrected chi connectivity index (χ0v) is 18.9. The Hall–Kier alpha value is -4.64.